The number of piperidine rings is 1. The molecule has 120 valence electrons. The molecule has 0 bridgehead atoms. The van der Waals surface area contributed by atoms with E-state index in [9.17, 15) is 0 Å². The zero-order valence-electron chi connectivity index (χ0n) is 13.3. The van der Waals surface area contributed by atoms with Crippen molar-refractivity contribution >= 4 is 12.4 Å². The van der Waals surface area contributed by atoms with E-state index in [0.29, 0.717) is 6.04 Å². The van der Waals surface area contributed by atoms with Crippen LogP contribution in [0.2, 0.25) is 0 Å². The number of imidazole rings is 1. The first-order valence-corrected chi connectivity index (χ1v) is 7.60. The molecule has 0 aliphatic carbocycles. The van der Waals surface area contributed by atoms with Gasteiger partial charge in [0.25, 0.3) is 0 Å². The first-order chi connectivity index (χ1) is 10.0. The highest BCUT2D eigenvalue weighted by Crippen LogP contribution is 2.28. The van der Waals surface area contributed by atoms with Crippen LogP contribution < -0.4 is 5.73 Å². The third-order valence-electron chi connectivity index (χ3n) is 4.54. The smallest absolute Gasteiger partial charge is 0.0991 e. The molecule has 1 atom stereocenters. The van der Waals surface area contributed by atoms with Crippen LogP contribution in [0.5, 0.6) is 0 Å². The third-order valence-corrected chi connectivity index (χ3v) is 4.54. The quantitative estimate of drug-likeness (QED) is 0.946. The number of nitrogens with two attached hydrogens (primary N) is 1. The van der Waals surface area contributed by atoms with Crippen LogP contribution in [0.25, 0.3) is 5.69 Å². The van der Waals surface area contributed by atoms with Gasteiger partial charge in [0.1, 0.15) is 0 Å². The van der Waals surface area contributed by atoms with Gasteiger partial charge in [0.05, 0.1) is 6.33 Å². The molecule has 1 saturated heterocycles. The van der Waals surface area contributed by atoms with E-state index >= 15 is 0 Å². The van der Waals surface area contributed by atoms with Gasteiger partial charge in [0.15, 0.2) is 0 Å². The summed E-state index contributed by atoms with van der Waals surface area (Å²) in [6.07, 6.45) is 6.67. The number of halogens is 1. The second-order valence-electron chi connectivity index (χ2n) is 6.73. The maximum absolute atomic E-state index is 6.21. The molecule has 22 heavy (non-hydrogen) atoms. The van der Waals surface area contributed by atoms with Crippen LogP contribution in [0.15, 0.2) is 43.0 Å². The minimum atomic E-state index is 0. The van der Waals surface area contributed by atoms with Crippen molar-refractivity contribution in [1.29, 1.82) is 0 Å². The molecule has 2 N–H and O–H groups in total. The molecule has 0 saturated carbocycles. The third kappa shape index (κ3) is 3.69. The van der Waals surface area contributed by atoms with Gasteiger partial charge < -0.3 is 10.3 Å². The van der Waals surface area contributed by atoms with E-state index in [1.165, 1.54) is 5.56 Å². The summed E-state index contributed by atoms with van der Waals surface area (Å²) in [5.74, 6) is 0. The normalized spacial score (nSPS) is 21.3. The molecule has 1 unspecified atom stereocenters. The van der Waals surface area contributed by atoms with Gasteiger partial charge >= 0.3 is 0 Å². The minimum absolute atomic E-state index is 0. The van der Waals surface area contributed by atoms with Crippen LogP contribution in [0.4, 0.5) is 0 Å². The predicted molar refractivity (Wildman–Crippen MR) is 92.5 cm³/mol. The van der Waals surface area contributed by atoms with Crippen molar-refractivity contribution in [2.45, 2.75) is 32.9 Å². The van der Waals surface area contributed by atoms with Gasteiger partial charge in [-0.05, 0) is 29.5 Å². The average Bonchev–Trinajstić information content (AvgIpc) is 2.98. The van der Waals surface area contributed by atoms with Gasteiger partial charge in [-0.2, -0.15) is 0 Å². The Morgan fingerprint density at radius 1 is 1.27 bits per heavy atom. The Bertz CT molecular complexity index is 577. The monoisotopic (exact) mass is 320 g/mol. The number of rotatable bonds is 3. The van der Waals surface area contributed by atoms with Gasteiger partial charge in [-0.1, -0.05) is 26.0 Å². The Kier molecular flexibility index (Phi) is 5.27. The van der Waals surface area contributed by atoms with Crippen LogP contribution >= 0.6 is 12.4 Å². The van der Waals surface area contributed by atoms with Crippen molar-refractivity contribution in [2.75, 3.05) is 13.1 Å². The molecule has 1 fully saturated rings. The lowest BCUT2D eigenvalue weighted by Crippen LogP contribution is -2.52. The predicted octanol–water partition coefficient (Wildman–Crippen LogP) is 2.85. The second kappa shape index (κ2) is 6.82. The van der Waals surface area contributed by atoms with Gasteiger partial charge in [-0.25, -0.2) is 4.98 Å². The van der Waals surface area contributed by atoms with E-state index in [0.717, 1.165) is 31.7 Å². The van der Waals surface area contributed by atoms with E-state index < -0.39 is 0 Å². The second-order valence-corrected chi connectivity index (χ2v) is 6.73. The molecule has 3 rings (SSSR count). The first kappa shape index (κ1) is 17.0. The van der Waals surface area contributed by atoms with Gasteiger partial charge in [-0.15, -0.1) is 12.4 Å². The topological polar surface area (TPSA) is 47.1 Å². The Balaban J connectivity index is 0.00000176. The molecule has 2 heterocycles. The van der Waals surface area contributed by atoms with Crippen LogP contribution in [-0.4, -0.2) is 33.6 Å². The van der Waals surface area contributed by atoms with E-state index in [-0.39, 0.29) is 17.8 Å². The molecular weight excluding hydrogens is 296 g/mol. The molecular formula is C17H25ClN4. The number of hydrogen-bond donors (Lipinski definition) is 1. The molecule has 4 nitrogen and oxygen atoms in total. The summed E-state index contributed by atoms with van der Waals surface area (Å²) in [6.45, 7) is 7.70. The zero-order valence-corrected chi connectivity index (χ0v) is 14.1. The van der Waals surface area contributed by atoms with Crippen LogP contribution in [0.3, 0.4) is 0 Å². The highest BCUT2D eigenvalue weighted by molar-refractivity contribution is 5.85. The van der Waals surface area contributed by atoms with Gasteiger partial charge in [0.2, 0.25) is 0 Å². The first-order valence-electron chi connectivity index (χ1n) is 7.60. The number of aromatic nitrogens is 2. The summed E-state index contributed by atoms with van der Waals surface area (Å²) >= 11 is 0. The van der Waals surface area contributed by atoms with Crippen LogP contribution in [-0.2, 0) is 6.54 Å². The van der Waals surface area contributed by atoms with Crippen molar-refractivity contribution in [3.05, 3.63) is 48.5 Å². The SMILES string of the molecule is CC1(C)CN(Cc2ccc(-n3ccnc3)cc2)CCC1N.Cl. The van der Waals surface area contributed by atoms with Crippen molar-refractivity contribution in [2.24, 2.45) is 11.1 Å². The lowest BCUT2D eigenvalue weighted by atomic mass is 9.79. The fourth-order valence-electron chi connectivity index (χ4n) is 3.06. The Morgan fingerprint density at radius 3 is 2.59 bits per heavy atom. The summed E-state index contributed by atoms with van der Waals surface area (Å²) in [4.78, 5) is 6.59. The number of benzene rings is 1. The van der Waals surface area contributed by atoms with Crippen molar-refractivity contribution in [3.63, 3.8) is 0 Å². The lowest BCUT2D eigenvalue weighted by molar-refractivity contribution is 0.0899. The van der Waals surface area contributed by atoms with E-state index in [4.69, 9.17) is 5.73 Å². The minimum Gasteiger partial charge on any atom is -0.327 e. The highest BCUT2D eigenvalue weighted by Gasteiger charge is 2.33. The van der Waals surface area contributed by atoms with Gasteiger partial charge in [0, 0.05) is 43.8 Å². The number of likely N-dealkylation sites (tertiary alicyclic amines) is 1. The molecule has 1 aliphatic heterocycles. The summed E-state index contributed by atoms with van der Waals surface area (Å²) in [5.41, 5.74) is 8.91. The molecule has 2 aromatic rings. The van der Waals surface area contributed by atoms with Crippen molar-refractivity contribution in [1.82, 2.24) is 14.5 Å². The molecule has 0 spiro atoms. The maximum Gasteiger partial charge on any atom is 0.0991 e. The average molecular weight is 321 g/mol. The van der Waals surface area contributed by atoms with E-state index in [2.05, 4.69) is 48.0 Å². The number of hydrogen-bond acceptors (Lipinski definition) is 3. The van der Waals surface area contributed by atoms with Gasteiger partial charge in [-0.3, -0.25) is 4.90 Å². The molecule has 1 aromatic heterocycles. The van der Waals surface area contributed by atoms with Crippen LogP contribution in [0, 0.1) is 5.41 Å². The summed E-state index contributed by atoms with van der Waals surface area (Å²) < 4.78 is 2.02. The number of nitrogens with zero attached hydrogens (tertiary/aromatic N) is 3. The maximum atomic E-state index is 6.21. The van der Waals surface area contributed by atoms with Crippen LogP contribution in [0.1, 0.15) is 25.8 Å². The largest absolute Gasteiger partial charge is 0.327 e. The summed E-state index contributed by atoms with van der Waals surface area (Å²) in [5, 5.41) is 0. The fraction of sp³-hybridized carbons (Fsp3) is 0.471. The molecule has 1 aromatic carbocycles. The molecule has 0 radical (unpaired) electrons. The Hall–Kier alpha value is -1.36. The standard InChI is InChI=1S/C17H24N4.ClH/c1-17(2)12-20(9-7-16(17)18)11-14-3-5-15(6-4-14)21-10-8-19-13-21;/h3-6,8,10,13,16H,7,9,11-12,18H2,1-2H3;1H. The van der Waals surface area contributed by atoms with E-state index in [1.807, 2.05) is 17.1 Å². The highest BCUT2D eigenvalue weighted by atomic mass is 35.5. The molecule has 5 heteroatoms. The van der Waals surface area contributed by atoms with E-state index in [1.54, 1.807) is 6.20 Å². The Labute approximate surface area is 138 Å². The lowest BCUT2D eigenvalue weighted by Gasteiger charge is -2.42. The van der Waals surface area contributed by atoms with Crippen molar-refractivity contribution < 1.29 is 0 Å². The Morgan fingerprint density at radius 2 is 2.00 bits per heavy atom. The summed E-state index contributed by atoms with van der Waals surface area (Å²) in [6, 6.07) is 9.03. The van der Waals surface area contributed by atoms with Crippen molar-refractivity contribution in [3.8, 4) is 5.69 Å². The zero-order chi connectivity index (χ0) is 14.9. The molecule has 1 aliphatic rings. The summed E-state index contributed by atoms with van der Waals surface area (Å²) in [7, 11) is 0. The fourth-order valence-corrected chi connectivity index (χ4v) is 3.06. The molecule has 0 amide bonds.